The summed E-state index contributed by atoms with van der Waals surface area (Å²) in [4.78, 5) is 4.11. The van der Waals surface area contributed by atoms with Gasteiger partial charge in [0.2, 0.25) is 5.88 Å². The topological polar surface area (TPSA) is 48.1 Å². The van der Waals surface area contributed by atoms with E-state index in [9.17, 15) is 0 Å². The molecule has 4 heteroatoms. The van der Waals surface area contributed by atoms with Crippen molar-refractivity contribution in [1.29, 1.82) is 0 Å². The lowest BCUT2D eigenvalue weighted by atomic mass is 9.97. The van der Waals surface area contributed by atoms with Crippen molar-refractivity contribution in [1.82, 2.24) is 4.98 Å². The van der Waals surface area contributed by atoms with Crippen LogP contribution in [0.1, 0.15) is 25.8 Å². The van der Waals surface area contributed by atoms with Crippen molar-refractivity contribution in [3.8, 4) is 5.88 Å². The van der Waals surface area contributed by atoms with Gasteiger partial charge in [-0.05, 0) is 32.8 Å². The number of halogens is 1. The first-order chi connectivity index (χ1) is 6.94. The first kappa shape index (κ1) is 12.3. The summed E-state index contributed by atoms with van der Waals surface area (Å²) >= 11 is 6.08. The Bertz CT molecular complexity index is 334. The van der Waals surface area contributed by atoms with Crippen LogP contribution in [0.4, 0.5) is 0 Å². The van der Waals surface area contributed by atoms with E-state index in [1.165, 1.54) is 0 Å². The van der Waals surface area contributed by atoms with Crippen LogP contribution in [0.5, 0.6) is 5.88 Å². The molecule has 0 aromatic carbocycles. The van der Waals surface area contributed by atoms with E-state index in [4.69, 9.17) is 22.1 Å². The zero-order valence-electron chi connectivity index (χ0n) is 9.38. The Morgan fingerprint density at radius 1 is 1.53 bits per heavy atom. The van der Waals surface area contributed by atoms with E-state index in [0.717, 1.165) is 18.4 Å². The number of methoxy groups -OCH3 is 1. The maximum absolute atomic E-state index is 6.08. The molecule has 0 unspecified atom stereocenters. The maximum Gasteiger partial charge on any atom is 0.217 e. The largest absolute Gasteiger partial charge is 0.481 e. The van der Waals surface area contributed by atoms with E-state index in [-0.39, 0.29) is 5.54 Å². The predicted molar refractivity (Wildman–Crippen MR) is 62.4 cm³/mol. The van der Waals surface area contributed by atoms with Gasteiger partial charge in [0.1, 0.15) is 0 Å². The van der Waals surface area contributed by atoms with Crippen LogP contribution in [0.3, 0.4) is 0 Å². The molecule has 0 amide bonds. The van der Waals surface area contributed by atoms with Gasteiger partial charge in [0, 0.05) is 17.3 Å². The number of pyridine rings is 1. The SMILES string of the molecule is COc1nccc(Cl)c1CCC(C)(C)N. The highest BCUT2D eigenvalue weighted by atomic mass is 35.5. The van der Waals surface area contributed by atoms with Gasteiger partial charge in [0.25, 0.3) is 0 Å². The second-order valence-corrected chi connectivity index (χ2v) is 4.68. The van der Waals surface area contributed by atoms with Gasteiger partial charge in [0.05, 0.1) is 12.1 Å². The van der Waals surface area contributed by atoms with Crippen molar-refractivity contribution in [2.24, 2.45) is 5.73 Å². The van der Waals surface area contributed by atoms with Crippen LogP contribution in [-0.2, 0) is 6.42 Å². The van der Waals surface area contributed by atoms with Gasteiger partial charge in [-0.15, -0.1) is 0 Å². The molecule has 0 spiro atoms. The predicted octanol–water partition coefficient (Wildman–Crippen LogP) is 2.41. The molecule has 0 saturated heterocycles. The monoisotopic (exact) mass is 228 g/mol. The van der Waals surface area contributed by atoms with Crippen LogP contribution >= 0.6 is 11.6 Å². The molecule has 3 nitrogen and oxygen atoms in total. The first-order valence-corrected chi connectivity index (χ1v) is 5.28. The van der Waals surface area contributed by atoms with Crippen LogP contribution in [0.2, 0.25) is 5.02 Å². The maximum atomic E-state index is 6.08. The van der Waals surface area contributed by atoms with Crippen LogP contribution < -0.4 is 10.5 Å². The van der Waals surface area contributed by atoms with Gasteiger partial charge in [-0.25, -0.2) is 4.98 Å². The first-order valence-electron chi connectivity index (χ1n) is 4.90. The highest BCUT2D eigenvalue weighted by Crippen LogP contribution is 2.26. The number of hydrogen-bond acceptors (Lipinski definition) is 3. The molecule has 1 rings (SSSR count). The average molecular weight is 229 g/mol. The lowest BCUT2D eigenvalue weighted by Crippen LogP contribution is -2.32. The lowest BCUT2D eigenvalue weighted by molar-refractivity contribution is 0.388. The minimum atomic E-state index is -0.204. The molecule has 1 heterocycles. The molecule has 1 aromatic heterocycles. The van der Waals surface area contributed by atoms with Gasteiger partial charge in [0.15, 0.2) is 0 Å². The Labute approximate surface area is 95.6 Å². The average Bonchev–Trinajstić information content (AvgIpc) is 2.14. The van der Waals surface area contributed by atoms with Gasteiger partial charge >= 0.3 is 0 Å². The Kier molecular flexibility index (Phi) is 3.94. The summed E-state index contributed by atoms with van der Waals surface area (Å²) in [7, 11) is 1.59. The second kappa shape index (κ2) is 4.81. The molecule has 0 bridgehead atoms. The Morgan fingerprint density at radius 3 is 2.73 bits per heavy atom. The van der Waals surface area contributed by atoms with Gasteiger partial charge in [-0.3, -0.25) is 0 Å². The van der Waals surface area contributed by atoms with Gasteiger partial charge in [-0.2, -0.15) is 0 Å². The minimum Gasteiger partial charge on any atom is -0.481 e. The lowest BCUT2D eigenvalue weighted by Gasteiger charge is -2.19. The molecule has 15 heavy (non-hydrogen) atoms. The van der Waals surface area contributed by atoms with Crippen molar-refractivity contribution in [3.63, 3.8) is 0 Å². The van der Waals surface area contributed by atoms with E-state index in [1.54, 1.807) is 19.4 Å². The molecule has 0 atom stereocenters. The molecule has 0 radical (unpaired) electrons. The molecular formula is C11H17ClN2O. The Hall–Kier alpha value is -0.800. The van der Waals surface area contributed by atoms with Gasteiger partial charge < -0.3 is 10.5 Å². The highest BCUT2D eigenvalue weighted by molar-refractivity contribution is 6.31. The van der Waals surface area contributed by atoms with Crippen molar-refractivity contribution in [2.75, 3.05) is 7.11 Å². The van der Waals surface area contributed by atoms with E-state index in [1.807, 2.05) is 13.8 Å². The minimum absolute atomic E-state index is 0.204. The molecule has 2 N–H and O–H groups in total. The van der Waals surface area contributed by atoms with E-state index >= 15 is 0 Å². The summed E-state index contributed by atoms with van der Waals surface area (Å²) in [5, 5.41) is 0.686. The number of ether oxygens (including phenoxy) is 1. The van der Waals surface area contributed by atoms with Crippen LogP contribution in [0.15, 0.2) is 12.3 Å². The number of rotatable bonds is 4. The molecule has 0 aliphatic rings. The zero-order valence-corrected chi connectivity index (χ0v) is 10.1. The number of nitrogens with zero attached hydrogens (tertiary/aromatic N) is 1. The quantitative estimate of drug-likeness (QED) is 0.861. The van der Waals surface area contributed by atoms with Crippen molar-refractivity contribution in [3.05, 3.63) is 22.8 Å². The normalized spacial score (nSPS) is 11.5. The van der Waals surface area contributed by atoms with Crippen LogP contribution in [0, 0.1) is 0 Å². The molecule has 84 valence electrons. The molecule has 1 aromatic rings. The summed E-state index contributed by atoms with van der Waals surface area (Å²) in [5.41, 5.74) is 6.65. The molecular weight excluding hydrogens is 212 g/mol. The standard InChI is InChI=1S/C11H17ClN2O/c1-11(2,13)6-4-8-9(12)5-7-14-10(8)15-3/h5,7H,4,6,13H2,1-3H3. The van der Waals surface area contributed by atoms with E-state index in [2.05, 4.69) is 4.98 Å². The molecule has 0 fully saturated rings. The fourth-order valence-corrected chi connectivity index (χ4v) is 1.53. The Balaban J connectivity index is 2.83. The van der Waals surface area contributed by atoms with Crippen molar-refractivity contribution >= 4 is 11.6 Å². The third-order valence-corrected chi connectivity index (χ3v) is 2.53. The highest BCUT2D eigenvalue weighted by Gasteiger charge is 2.15. The van der Waals surface area contributed by atoms with Crippen LogP contribution in [-0.4, -0.2) is 17.6 Å². The number of nitrogens with two attached hydrogens (primary N) is 1. The van der Waals surface area contributed by atoms with Crippen LogP contribution in [0.25, 0.3) is 0 Å². The number of aromatic nitrogens is 1. The summed E-state index contributed by atoms with van der Waals surface area (Å²) < 4.78 is 5.16. The zero-order chi connectivity index (χ0) is 11.5. The van der Waals surface area contributed by atoms with Gasteiger partial charge in [-0.1, -0.05) is 11.6 Å². The van der Waals surface area contributed by atoms with E-state index < -0.39 is 0 Å². The number of hydrogen-bond donors (Lipinski definition) is 1. The summed E-state index contributed by atoms with van der Waals surface area (Å²) in [6, 6.07) is 1.77. The molecule has 0 aliphatic heterocycles. The summed E-state index contributed by atoms with van der Waals surface area (Å²) in [6.07, 6.45) is 3.26. The smallest absolute Gasteiger partial charge is 0.217 e. The summed E-state index contributed by atoms with van der Waals surface area (Å²) in [5.74, 6) is 0.590. The van der Waals surface area contributed by atoms with E-state index in [0.29, 0.717) is 10.9 Å². The van der Waals surface area contributed by atoms with Crippen molar-refractivity contribution in [2.45, 2.75) is 32.2 Å². The second-order valence-electron chi connectivity index (χ2n) is 4.27. The molecule has 0 aliphatic carbocycles. The van der Waals surface area contributed by atoms with Crippen molar-refractivity contribution < 1.29 is 4.74 Å². The fourth-order valence-electron chi connectivity index (χ4n) is 1.30. The fraction of sp³-hybridized carbons (Fsp3) is 0.545. The third kappa shape index (κ3) is 3.68. The Morgan fingerprint density at radius 2 is 2.20 bits per heavy atom. The molecule has 0 saturated carbocycles. The third-order valence-electron chi connectivity index (χ3n) is 2.17. The summed E-state index contributed by atoms with van der Waals surface area (Å²) in [6.45, 7) is 3.98.